The summed E-state index contributed by atoms with van der Waals surface area (Å²) in [6.45, 7) is 7.23. The molecule has 2 unspecified atom stereocenters. The van der Waals surface area contributed by atoms with E-state index >= 15 is 0 Å². The molecular formula is C19H36IN3O2S. The molecule has 7 heteroatoms. The molecule has 2 atom stereocenters. The van der Waals surface area contributed by atoms with Crippen molar-refractivity contribution in [1.82, 2.24) is 10.2 Å². The summed E-state index contributed by atoms with van der Waals surface area (Å²) in [6, 6.07) is 0.397. The lowest BCUT2D eigenvalue weighted by atomic mass is 9.73. The van der Waals surface area contributed by atoms with Gasteiger partial charge in [0.2, 0.25) is 0 Å². The van der Waals surface area contributed by atoms with E-state index in [-0.39, 0.29) is 29.9 Å². The molecule has 1 aliphatic carbocycles. The number of nitrogens with one attached hydrogen (secondary N) is 1. The van der Waals surface area contributed by atoms with Crippen molar-refractivity contribution in [1.29, 1.82) is 0 Å². The van der Waals surface area contributed by atoms with Crippen LogP contribution >= 0.6 is 24.0 Å². The maximum absolute atomic E-state index is 11.7. The van der Waals surface area contributed by atoms with Crippen LogP contribution in [0, 0.1) is 11.3 Å². The minimum absolute atomic E-state index is 0. The van der Waals surface area contributed by atoms with E-state index in [1.165, 1.54) is 38.5 Å². The minimum atomic E-state index is -2.82. The molecule has 1 saturated carbocycles. The molecule has 1 spiro atoms. The molecule has 3 fully saturated rings. The minimum Gasteiger partial charge on any atom is -0.354 e. The molecule has 0 bridgehead atoms. The molecule has 5 nitrogen and oxygen atoms in total. The van der Waals surface area contributed by atoms with E-state index in [0.717, 1.165) is 31.9 Å². The van der Waals surface area contributed by atoms with Crippen molar-refractivity contribution < 1.29 is 8.42 Å². The number of likely N-dealkylation sites (tertiary alicyclic amines) is 1. The van der Waals surface area contributed by atoms with Crippen molar-refractivity contribution in [2.24, 2.45) is 16.3 Å². The van der Waals surface area contributed by atoms with Crippen LogP contribution in [-0.4, -0.2) is 56.5 Å². The van der Waals surface area contributed by atoms with E-state index in [9.17, 15) is 8.42 Å². The highest BCUT2D eigenvalue weighted by atomic mass is 127. The highest BCUT2D eigenvalue weighted by Gasteiger charge is 2.40. The quantitative estimate of drug-likeness (QED) is 0.367. The maximum atomic E-state index is 11.7. The Labute approximate surface area is 176 Å². The van der Waals surface area contributed by atoms with Gasteiger partial charge in [-0.15, -0.1) is 24.0 Å². The average molecular weight is 497 g/mol. The van der Waals surface area contributed by atoms with Crippen LogP contribution in [0.25, 0.3) is 0 Å². The average Bonchev–Trinajstić information content (AvgIpc) is 3.15. The highest BCUT2D eigenvalue weighted by molar-refractivity contribution is 14.0. The summed E-state index contributed by atoms with van der Waals surface area (Å²) in [5.41, 5.74) is 0.507. The van der Waals surface area contributed by atoms with Crippen molar-refractivity contribution in [3.05, 3.63) is 0 Å². The van der Waals surface area contributed by atoms with Gasteiger partial charge in [0.15, 0.2) is 15.8 Å². The van der Waals surface area contributed by atoms with Crippen LogP contribution in [0.1, 0.15) is 65.2 Å². The Morgan fingerprint density at radius 3 is 2.62 bits per heavy atom. The number of guanidine groups is 1. The Morgan fingerprint density at radius 1 is 1.27 bits per heavy atom. The summed E-state index contributed by atoms with van der Waals surface area (Å²) in [7, 11) is -2.82. The second-order valence-corrected chi connectivity index (χ2v) is 10.8. The molecule has 0 aromatic rings. The van der Waals surface area contributed by atoms with Gasteiger partial charge in [-0.25, -0.2) is 8.42 Å². The zero-order valence-electron chi connectivity index (χ0n) is 16.4. The van der Waals surface area contributed by atoms with Gasteiger partial charge in [0.05, 0.1) is 11.5 Å². The fourth-order valence-corrected chi connectivity index (χ4v) is 6.47. The first-order valence-electron chi connectivity index (χ1n) is 10.2. The molecule has 26 heavy (non-hydrogen) atoms. The van der Waals surface area contributed by atoms with Gasteiger partial charge in [-0.05, 0) is 50.4 Å². The van der Waals surface area contributed by atoms with Gasteiger partial charge >= 0.3 is 0 Å². The topological polar surface area (TPSA) is 61.8 Å². The molecule has 152 valence electrons. The number of rotatable bonds is 4. The lowest BCUT2D eigenvalue weighted by molar-refractivity contribution is 0.203. The number of halogens is 1. The summed E-state index contributed by atoms with van der Waals surface area (Å²) >= 11 is 0. The SMILES string of the molecule is CCC(C)NC(=NCC1CCS(=O)(=O)C1)N1CCC2(CCCCC2)C1.I. The summed E-state index contributed by atoms with van der Waals surface area (Å²) in [4.78, 5) is 7.33. The first kappa shape index (κ1) is 22.2. The molecule has 0 aromatic carbocycles. The second-order valence-electron chi connectivity index (χ2n) is 8.62. The summed E-state index contributed by atoms with van der Waals surface area (Å²) in [5, 5.41) is 3.60. The molecule has 0 aromatic heterocycles. The summed E-state index contributed by atoms with van der Waals surface area (Å²) in [5.74, 6) is 1.87. The van der Waals surface area contributed by atoms with Crippen LogP contribution in [0.3, 0.4) is 0 Å². The molecule has 2 heterocycles. The van der Waals surface area contributed by atoms with Gasteiger partial charge in [-0.3, -0.25) is 4.99 Å². The van der Waals surface area contributed by atoms with Crippen molar-refractivity contribution in [2.45, 2.75) is 71.3 Å². The number of aliphatic imine (C=N–C) groups is 1. The lowest BCUT2D eigenvalue weighted by Crippen LogP contribution is -2.45. The van der Waals surface area contributed by atoms with Gasteiger partial charge < -0.3 is 10.2 Å². The van der Waals surface area contributed by atoms with Crippen molar-refractivity contribution in [3.8, 4) is 0 Å². The number of hydrogen-bond donors (Lipinski definition) is 1. The van der Waals surface area contributed by atoms with Crippen LogP contribution in [0.2, 0.25) is 0 Å². The van der Waals surface area contributed by atoms with Gasteiger partial charge in [0.25, 0.3) is 0 Å². The van der Waals surface area contributed by atoms with Gasteiger partial charge in [-0.2, -0.15) is 0 Å². The largest absolute Gasteiger partial charge is 0.354 e. The first-order valence-corrected chi connectivity index (χ1v) is 12.0. The van der Waals surface area contributed by atoms with E-state index in [2.05, 4.69) is 24.1 Å². The molecule has 1 N–H and O–H groups in total. The van der Waals surface area contributed by atoms with Gasteiger partial charge in [0.1, 0.15) is 0 Å². The predicted molar refractivity (Wildman–Crippen MR) is 119 cm³/mol. The molecular weight excluding hydrogens is 461 g/mol. The van der Waals surface area contributed by atoms with E-state index in [1.54, 1.807) is 0 Å². The lowest BCUT2D eigenvalue weighted by Gasteiger charge is -2.34. The molecule has 2 aliphatic heterocycles. The van der Waals surface area contributed by atoms with Crippen LogP contribution < -0.4 is 5.32 Å². The third kappa shape index (κ3) is 5.72. The molecule has 0 radical (unpaired) electrons. The fourth-order valence-electron chi connectivity index (χ4n) is 4.62. The van der Waals surface area contributed by atoms with Gasteiger partial charge in [0, 0.05) is 25.7 Å². The van der Waals surface area contributed by atoms with Gasteiger partial charge in [-0.1, -0.05) is 26.2 Å². The highest BCUT2D eigenvalue weighted by Crippen LogP contribution is 2.43. The van der Waals surface area contributed by atoms with Crippen LogP contribution in [0.5, 0.6) is 0 Å². The Balaban J connectivity index is 0.00000243. The predicted octanol–water partition coefficient (Wildman–Crippen LogP) is 3.44. The smallest absolute Gasteiger partial charge is 0.194 e. The monoisotopic (exact) mass is 497 g/mol. The van der Waals surface area contributed by atoms with Crippen LogP contribution in [0.4, 0.5) is 0 Å². The normalized spacial score (nSPS) is 28.8. The second kappa shape index (κ2) is 9.43. The first-order chi connectivity index (χ1) is 11.9. The molecule has 2 saturated heterocycles. The third-order valence-corrected chi connectivity index (χ3v) is 8.30. The van der Waals surface area contributed by atoms with Crippen molar-refractivity contribution in [3.63, 3.8) is 0 Å². The number of nitrogens with zero attached hydrogens (tertiary/aromatic N) is 2. The summed E-state index contributed by atoms with van der Waals surface area (Å²) in [6.07, 6.45) is 9.98. The fraction of sp³-hybridized carbons (Fsp3) is 0.947. The van der Waals surface area contributed by atoms with E-state index in [0.29, 0.717) is 29.5 Å². The van der Waals surface area contributed by atoms with Crippen molar-refractivity contribution >= 4 is 39.8 Å². The van der Waals surface area contributed by atoms with E-state index in [1.807, 2.05) is 0 Å². The standard InChI is InChI=1S/C19H35N3O2S.HI/c1-3-16(2)21-18(20-13-17-7-12-25(23,24)14-17)22-11-10-19(15-22)8-5-4-6-9-19;/h16-17H,3-15H2,1-2H3,(H,20,21);1H. The number of sulfone groups is 1. The Bertz CT molecular complexity index is 588. The molecule has 0 amide bonds. The Kier molecular flexibility index (Phi) is 8.07. The molecule has 3 rings (SSSR count). The molecule has 3 aliphatic rings. The maximum Gasteiger partial charge on any atom is 0.194 e. The summed E-state index contributed by atoms with van der Waals surface area (Å²) < 4.78 is 23.4. The van der Waals surface area contributed by atoms with Crippen LogP contribution in [0.15, 0.2) is 4.99 Å². The Hall–Kier alpha value is -0.0500. The van der Waals surface area contributed by atoms with Crippen LogP contribution in [-0.2, 0) is 9.84 Å². The number of hydrogen-bond acceptors (Lipinski definition) is 3. The van der Waals surface area contributed by atoms with E-state index < -0.39 is 9.84 Å². The van der Waals surface area contributed by atoms with Crippen molar-refractivity contribution in [2.75, 3.05) is 31.1 Å². The van der Waals surface area contributed by atoms with E-state index in [4.69, 9.17) is 4.99 Å². The third-order valence-electron chi connectivity index (χ3n) is 6.47. The zero-order valence-corrected chi connectivity index (χ0v) is 19.5. The Morgan fingerprint density at radius 2 is 2.00 bits per heavy atom. The zero-order chi connectivity index (χ0) is 17.9.